The van der Waals surface area contributed by atoms with Crippen LogP contribution in [0.4, 0.5) is 0 Å². The van der Waals surface area contributed by atoms with Crippen LogP contribution in [0.2, 0.25) is 0 Å². The van der Waals surface area contributed by atoms with Crippen molar-refractivity contribution >= 4 is 60.0 Å². The van der Waals surface area contributed by atoms with Crippen LogP contribution >= 0.6 is 12.6 Å². The van der Waals surface area contributed by atoms with Crippen LogP contribution in [0.5, 0.6) is 0 Å². The monoisotopic (exact) mass is 718 g/mol. The molecule has 0 heterocycles. The van der Waals surface area contributed by atoms with E-state index in [9.17, 15) is 38.7 Å². The summed E-state index contributed by atoms with van der Waals surface area (Å²) in [6.45, 7) is 2.09. The normalized spacial score (nSPS) is 14.5. The maximum Gasteiger partial charge on any atom is 0.326 e. The fraction of sp³-hybridized carbons (Fsp3) is 0.714. The highest BCUT2D eigenvalue weighted by Gasteiger charge is 2.32. The lowest BCUT2D eigenvalue weighted by molar-refractivity contribution is -0.142. The molecule has 0 aromatic heterocycles. The first kappa shape index (κ1) is 44.8. The molecule has 20 nitrogen and oxygen atoms in total. The number of nitrogens with one attached hydrogen (secondary N) is 5. The SMILES string of the molecule is CCCC[C@H](NC(=O)[C@H](CCCN=C(N)N)NC(=O)[C@H](CCC(N)=O)NC(=O)[C@H](CS)NC(=O)[C@H](CCN)NC(=O)[C@@H](N)CCN)C(=O)O. The van der Waals surface area contributed by atoms with E-state index in [1.54, 1.807) is 0 Å². The van der Waals surface area contributed by atoms with Gasteiger partial charge in [0.2, 0.25) is 35.4 Å². The smallest absolute Gasteiger partial charge is 0.326 e. The van der Waals surface area contributed by atoms with Gasteiger partial charge in [0, 0.05) is 18.7 Å². The quantitative estimate of drug-likeness (QED) is 0.0173. The predicted molar refractivity (Wildman–Crippen MR) is 184 cm³/mol. The molecule has 280 valence electrons. The number of aliphatic imine (C=N–C) groups is 1. The van der Waals surface area contributed by atoms with Gasteiger partial charge in [-0.15, -0.1) is 0 Å². The Morgan fingerprint density at radius 1 is 0.653 bits per heavy atom. The number of carboxylic acids is 1. The number of guanidine groups is 1. The molecule has 0 aliphatic heterocycles. The molecular weight excluding hydrogens is 664 g/mol. The summed E-state index contributed by atoms with van der Waals surface area (Å²) in [4.78, 5) is 92.5. The van der Waals surface area contributed by atoms with Crippen molar-refractivity contribution in [1.29, 1.82) is 0 Å². The Morgan fingerprint density at radius 3 is 1.57 bits per heavy atom. The van der Waals surface area contributed by atoms with Gasteiger partial charge in [0.15, 0.2) is 5.96 Å². The lowest BCUT2D eigenvalue weighted by Crippen LogP contribution is -2.60. The van der Waals surface area contributed by atoms with Crippen molar-refractivity contribution in [3.63, 3.8) is 0 Å². The van der Waals surface area contributed by atoms with E-state index in [2.05, 4.69) is 44.2 Å². The van der Waals surface area contributed by atoms with E-state index in [0.717, 1.165) is 0 Å². The number of hydrogen-bond donors (Lipinski definition) is 13. The van der Waals surface area contributed by atoms with Gasteiger partial charge >= 0.3 is 5.97 Å². The van der Waals surface area contributed by atoms with Crippen molar-refractivity contribution in [2.24, 2.45) is 39.4 Å². The van der Waals surface area contributed by atoms with Gasteiger partial charge in [0.1, 0.15) is 30.2 Å². The Hall–Kier alpha value is -4.21. The van der Waals surface area contributed by atoms with Gasteiger partial charge < -0.3 is 66.1 Å². The molecule has 6 atom stereocenters. The molecular formula is C28H54N12O8S. The molecule has 0 bridgehead atoms. The lowest BCUT2D eigenvalue weighted by atomic mass is 10.1. The van der Waals surface area contributed by atoms with Crippen molar-refractivity contribution in [2.45, 2.75) is 101 Å². The molecule has 0 saturated carbocycles. The third-order valence-electron chi connectivity index (χ3n) is 7.07. The second kappa shape index (κ2) is 24.9. The summed E-state index contributed by atoms with van der Waals surface area (Å²) in [5.74, 6) is -6.50. The molecule has 0 fully saturated rings. The molecule has 0 spiro atoms. The van der Waals surface area contributed by atoms with Gasteiger partial charge in [0.25, 0.3) is 0 Å². The number of rotatable bonds is 26. The molecule has 0 aromatic rings. The van der Waals surface area contributed by atoms with Crippen molar-refractivity contribution in [3.8, 4) is 0 Å². The number of nitrogens with two attached hydrogens (primary N) is 6. The first-order valence-corrected chi connectivity index (χ1v) is 16.6. The van der Waals surface area contributed by atoms with Crippen LogP contribution in [0.1, 0.15) is 64.7 Å². The molecule has 21 heteroatoms. The minimum absolute atomic E-state index is 0.00408. The summed E-state index contributed by atoms with van der Waals surface area (Å²) >= 11 is 4.13. The van der Waals surface area contributed by atoms with Crippen molar-refractivity contribution in [3.05, 3.63) is 0 Å². The number of unbranched alkanes of at least 4 members (excludes halogenated alkanes) is 1. The minimum atomic E-state index is -1.43. The maximum atomic E-state index is 13.5. The Morgan fingerprint density at radius 2 is 1.10 bits per heavy atom. The molecule has 0 saturated heterocycles. The van der Waals surface area contributed by atoms with E-state index >= 15 is 0 Å². The molecule has 49 heavy (non-hydrogen) atoms. The van der Waals surface area contributed by atoms with E-state index < -0.39 is 77.7 Å². The lowest BCUT2D eigenvalue weighted by Gasteiger charge is -2.26. The molecule has 0 aliphatic carbocycles. The number of aliphatic carboxylic acids is 1. The van der Waals surface area contributed by atoms with Gasteiger partial charge in [-0.3, -0.25) is 33.8 Å². The molecule has 0 unspecified atom stereocenters. The molecule has 0 radical (unpaired) electrons. The Bertz CT molecular complexity index is 1140. The Balaban J connectivity index is 6.01. The first-order chi connectivity index (χ1) is 23.1. The third-order valence-corrected chi connectivity index (χ3v) is 7.44. The van der Waals surface area contributed by atoms with Crippen LogP contribution in [-0.4, -0.2) is 114 Å². The number of thiol groups is 1. The van der Waals surface area contributed by atoms with Crippen LogP contribution in [0, 0.1) is 0 Å². The van der Waals surface area contributed by atoms with Crippen LogP contribution < -0.4 is 61.0 Å². The standard InChI is InChI=1S/C28H54N12O8S/c1-2-3-5-19(27(47)48)39-23(43)16(6-4-13-35-28(33)34)37-24(44)17(7-8-21(32)41)38-26(46)20(14-49)40-25(45)18(10-12-30)36-22(42)15(31)9-11-29/h15-20,49H,2-14,29-31H2,1H3,(H2,32,41)(H,36,42)(H,37,44)(H,38,46)(H,39,43)(H,40,45)(H,47,48)(H4,33,34,35)/t15-,16-,17-,18-,19-,20-/m0/s1. The van der Waals surface area contributed by atoms with Gasteiger partial charge in [-0.05, 0) is 51.6 Å². The Kier molecular flexibility index (Phi) is 22.7. The predicted octanol–water partition coefficient (Wildman–Crippen LogP) is -5.04. The zero-order valence-corrected chi connectivity index (χ0v) is 28.7. The molecule has 0 aromatic carbocycles. The highest BCUT2D eigenvalue weighted by atomic mass is 32.1. The van der Waals surface area contributed by atoms with E-state index in [1.165, 1.54) is 0 Å². The molecule has 0 aliphatic rings. The van der Waals surface area contributed by atoms with Crippen LogP contribution in [-0.2, 0) is 33.6 Å². The summed E-state index contributed by atoms with van der Waals surface area (Å²) in [7, 11) is 0. The number of amides is 6. The van der Waals surface area contributed by atoms with Crippen molar-refractivity contribution in [2.75, 3.05) is 25.4 Å². The van der Waals surface area contributed by atoms with E-state index in [4.69, 9.17) is 34.4 Å². The second-order valence-electron chi connectivity index (χ2n) is 11.2. The third kappa shape index (κ3) is 18.8. The molecule has 18 N–H and O–H groups in total. The topological polar surface area (TPSA) is 368 Å². The highest BCUT2D eigenvalue weighted by Crippen LogP contribution is 2.07. The van der Waals surface area contributed by atoms with Gasteiger partial charge in [-0.2, -0.15) is 12.6 Å². The van der Waals surface area contributed by atoms with E-state index in [0.29, 0.717) is 12.8 Å². The summed E-state index contributed by atoms with van der Waals surface area (Å²) in [6, 6.07) is -7.41. The molecule has 0 rings (SSSR count). The van der Waals surface area contributed by atoms with Crippen LogP contribution in [0.25, 0.3) is 0 Å². The van der Waals surface area contributed by atoms with Crippen molar-refractivity contribution < 1.29 is 38.7 Å². The van der Waals surface area contributed by atoms with Crippen molar-refractivity contribution in [1.82, 2.24) is 26.6 Å². The zero-order valence-electron chi connectivity index (χ0n) is 27.8. The van der Waals surface area contributed by atoms with E-state index in [-0.39, 0.29) is 76.3 Å². The number of hydrogen-bond acceptors (Lipinski definition) is 12. The largest absolute Gasteiger partial charge is 0.480 e. The van der Waals surface area contributed by atoms with Gasteiger partial charge in [0.05, 0.1) is 6.04 Å². The summed E-state index contributed by atoms with van der Waals surface area (Å²) in [5.41, 5.74) is 32.8. The minimum Gasteiger partial charge on any atom is -0.480 e. The second-order valence-corrected chi connectivity index (χ2v) is 11.5. The van der Waals surface area contributed by atoms with Gasteiger partial charge in [-0.1, -0.05) is 19.8 Å². The summed E-state index contributed by atoms with van der Waals surface area (Å²) in [6.07, 6.45) is 1.06. The van der Waals surface area contributed by atoms with Crippen LogP contribution in [0.15, 0.2) is 4.99 Å². The maximum absolute atomic E-state index is 13.5. The fourth-order valence-electron chi connectivity index (χ4n) is 4.30. The summed E-state index contributed by atoms with van der Waals surface area (Å²) < 4.78 is 0. The van der Waals surface area contributed by atoms with E-state index in [1.807, 2.05) is 6.92 Å². The van der Waals surface area contributed by atoms with Gasteiger partial charge in [-0.25, -0.2) is 4.79 Å². The number of carbonyl (C=O) groups is 7. The number of carbonyl (C=O) groups excluding carboxylic acids is 6. The Labute approximate surface area is 290 Å². The average Bonchev–Trinajstić information content (AvgIpc) is 3.03. The number of carboxylic acid groups (broad SMARTS) is 1. The van der Waals surface area contributed by atoms with Crippen LogP contribution in [0.3, 0.4) is 0 Å². The summed E-state index contributed by atoms with van der Waals surface area (Å²) in [5, 5.41) is 21.9. The highest BCUT2D eigenvalue weighted by molar-refractivity contribution is 7.80. The fourth-order valence-corrected chi connectivity index (χ4v) is 4.56. The number of nitrogens with zero attached hydrogens (tertiary/aromatic N) is 1. The zero-order chi connectivity index (χ0) is 37.5. The number of primary amides is 1. The average molecular weight is 719 g/mol. The first-order valence-electron chi connectivity index (χ1n) is 16.0. The molecule has 6 amide bonds.